The lowest BCUT2D eigenvalue weighted by atomic mass is 10.2. The molecule has 2 heterocycles. The highest BCUT2D eigenvalue weighted by Gasteiger charge is 2.11. The molecule has 11 heteroatoms. The molecule has 0 aliphatic heterocycles. The second-order valence-electron chi connectivity index (χ2n) is 7.10. The smallest absolute Gasteiger partial charge is 0.205 e. The highest BCUT2D eigenvalue weighted by atomic mass is 32.2. The van der Waals surface area contributed by atoms with Gasteiger partial charge >= 0.3 is 0 Å². The van der Waals surface area contributed by atoms with Crippen LogP contribution >= 0.6 is 13.5 Å². The Morgan fingerprint density at radius 1 is 0.697 bits per heavy atom. The van der Waals surface area contributed by atoms with Crippen LogP contribution in [0.3, 0.4) is 0 Å². The van der Waals surface area contributed by atoms with Gasteiger partial charge in [0.25, 0.3) is 0 Å². The molecular weight excluding hydrogens is 490 g/mol. The molecule has 0 amide bonds. The maximum atomic E-state index is 13.0. The summed E-state index contributed by atoms with van der Waals surface area (Å²) >= 11 is 0. The van der Waals surface area contributed by atoms with Crippen molar-refractivity contribution >= 4 is 56.9 Å². The van der Waals surface area contributed by atoms with Crippen LogP contribution in [0, 0.1) is 11.6 Å². The lowest BCUT2D eigenvalue weighted by Gasteiger charge is -2.07. The molecule has 2 aromatic heterocycles. The highest BCUT2D eigenvalue weighted by molar-refractivity contribution is 7.84. The van der Waals surface area contributed by atoms with Gasteiger partial charge in [0.2, 0.25) is 10.9 Å². The molecule has 0 radical (unpaired) electrons. The van der Waals surface area contributed by atoms with Crippen LogP contribution in [0.5, 0.6) is 0 Å². The number of hydrogen-bond donors (Lipinski definition) is 0. The molecule has 2 aromatic carbocycles. The van der Waals surface area contributed by atoms with Gasteiger partial charge < -0.3 is 9.13 Å². The van der Waals surface area contributed by atoms with E-state index in [0.29, 0.717) is 21.8 Å². The number of pyridine rings is 2. The van der Waals surface area contributed by atoms with Crippen LogP contribution in [0.2, 0.25) is 0 Å². The second-order valence-corrected chi connectivity index (χ2v) is 9.79. The van der Waals surface area contributed by atoms with Crippen molar-refractivity contribution < 1.29 is 17.2 Å². The first-order valence-electron chi connectivity index (χ1n) is 9.26. The summed E-state index contributed by atoms with van der Waals surface area (Å²) in [7, 11) is 0.706. The van der Waals surface area contributed by atoms with Crippen LogP contribution in [0.1, 0.15) is 0 Å². The normalized spacial score (nSPS) is 12.5. The van der Waals surface area contributed by atoms with Crippen LogP contribution < -0.4 is 10.9 Å². The number of rotatable bonds is 2. The fourth-order valence-electron chi connectivity index (χ4n) is 3.26. The first-order valence-corrected chi connectivity index (χ1v) is 12.4. The molecule has 0 spiro atoms. The SMILES string of the molecule is Cn1cc(S(C)=O)c(=O)c2ccc(F)cc21.Cn1cc(S(C)=O)c(=O)c2ccc(F)cc21.S. The Labute approximate surface area is 200 Å². The molecule has 0 bridgehead atoms. The number of halogens is 2. The van der Waals surface area contributed by atoms with Gasteiger partial charge in [0, 0.05) is 49.8 Å². The zero-order chi connectivity index (χ0) is 23.7. The number of aromatic nitrogens is 2. The number of hydrogen-bond acceptors (Lipinski definition) is 4. The van der Waals surface area contributed by atoms with E-state index in [1.165, 1.54) is 61.3 Å². The molecule has 0 aliphatic rings. The fourth-order valence-corrected chi connectivity index (χ4v) is 4.62. The number of aryl methyl sites for hydroxylation is 2. The van der Waals surface area contributed by atoms with Gasteiger partial charge in [-0.05, 0) is 36.4 Å². The van der Waals surface area contributed by atoms with Crippen molar-refractivity contribution in [1.29, 1.82) is 0 Å². The molecule has 176 valence electrons. The highest BCUT2D eigenvalue weighted by Crippen LogP contribution is 2.14. The van der Waals surface area contributed by atoms with Gasteiger partial charge in [0.05, 0.1) is 32.6 Å². The van der Waals surface area contributed by atoms with E-state index in [1.807, 2.05) is 0 Å². The summed E-state index contributed by atoms with van der Waals surface area (Å²) in [5, 5.41) is 0.771. The molecule has 2 unspecified atom stereocenters. The van der Waals surface area contributed by atoms with Gasteiger partial charge in [-0.2, -0.15) is 13.5 Å². The van der Waals surface area contributed by atoms with Crippen molar-refractivity contribution in [1.82, 2.24) is 9.13 Å². The molecule has 0 aliphatic carbocycles. The van der Waals surface area contributed by atoms with Crippen molar-refractivity contribution in [2.75, 3.05) is 12.5 Å². The molecule has 6 nitrogen and oxygen atoms in total. The molecular formula is C22H22F2N2O4S3. The summed E-state index contributed by atoms with van der Waals surface area (Å²) in [5.74, 6) is -0.791. The Kier molecular flexibility index (Phi) is 8.50. The minimum Gasteiger partial charge on any atom is -0.349 e. The quantitative estimate of drug-likeness (QED) is 0.414. The van der Waals surface area contributed by atoms with Crippen molar-refractivity contribution in [2.45, 2.75) is 9.79 Å². The predicted octanol–water partition coefficient (Wildman–Crippen LogP) is 2.94. The van der Waals surface area contributed by atoms with E-state index in [0.717, 1.165) is 0 Å². The van der Waals surface area contributed by atoms with Crippen molar-refractivity contribution in [3.8, 4) is 0 Å². The van der Waals surface area contributed by atoms with E-state index in [9.17, 15) is 26.8 Å². The van der Waals surface area contributed by atoms with E-state index in [-0.39, 0.29) is 34.1 Å². The molecule has 0 saturated heterocycles. The van der Waals surface area contributed by atoms with E-state index in [2.05, 4.69) is 0 Å². The Bertz CT molecular complexity index is 1420. The van der Waals surface area contributed by atoms with Crippen LogP contribution in [-0.2, 0) is 35.7 Å². The first-order chi connectivity index (χ1) is 15.0. The average Bonchev–Trinajstić information content (AvgIpc) is 2.73. The van der Waals surface area contributed by atoms with Crippen molar-refractivity contribution in [2.24, 2.45) is 14.1 Å². The Hall–Kier alpha value is -2.63. The Balaban J connectivity index is 0.000000227. The van der Waals surface area contributed by atoms with E-state index >= 15 is 0 Å². The third kappa shape index (κ3) is 5.48. The summed E-state index contributed by atoms with van der Waals surface area (Å²) in [6.07, 6.45) is 5.87. The lowest BCUT2D eigenvalue weighted by molar-refractivity contribution is 0.628. The summed E-state index contributed by atoms with van der Waals surface area (Å²) in [6.45, 7) is 0. The third-order valence-electron chi connectivity index (χ3n) is 4.86. The zero-order valence-electron chi connectivity index (χ0n) is 18.2. The summed E-state index contributed by atoms with van der Waals surface area (Å²) < 4.78 is 52.0. The summed E-state index contributed by atoms with van der Waals surface area (Å²) in [6, 6.07) is 7.88. The van der Waals surface area contributed by atoms with Crippen LogP contribution in [-0.4, -0.2) is 30.1 Å². The molecule has 0 N–H and O–H groups in total. The van der Waals surface area contributed by atoms with E-state index in [1.54, 1.807) is 23.2 Å². The Morgan fingerprint density at radius 3 is 1.33 bits per heavy atom. The second kappa shape index (κ2) is 10.5. The lowest BCUT2D eigenvalue weighted by Crippen LogP contribution is -2.14. The standard InChI is InChI=1S/2C11H10FNO2S.H2S/c2*1-13-6-10(16(2)15)11(14)8-4-3-7(12)5-9(8)13;/h2*3-6H,1-2H3;1H2. The molecule has 0 saturated carbocycles. The fraction of sp³-hybridized carbons (Fsp3) is 0.182. The topological polar surface area (TPSA) is 78.1 Å². The van der Waals surface area contributed by atoms with Gasteiger partial charge in [-0.1, -0.05) is 0 Å². The molecule has 0 fully saturated rings. The van der Waals surface area contributed by atoms with Crippen molar-refractivity contribution in [3.63, 3.8) is 0 Å². The minimum absolute atomic E-state index is 0. The minimum atomic E-state index is -1.34. The van der Waals surface area contributed by atoms with E-state index in [4.69, 9.17) is 0 Å². The van der Waals surface area contributed by atoms with Gasteiger partial charge in [-0.25, -0.2) is 8.78 Å². The van der Waals surface area contributed by atoms with Crippen LogP contribution in [0.4, 0.5) is 8.78 Å². The number of benzene rings is 2. The average molecular weight is 513 g/mol. The maximum absolute atomic E-state index is 13.0. The summed E-state index contributed by atoms with van der Waals surface area (Å²) in [4.78, 5) is 24.3. The van der Waals surface area contributed by atoms with Gasteiger partial charge in [-0.3, -0.25) is 18.0 Å². The molecule has 2 atom stereocenters. The van der Waals surface area contributed by atoms with E-state index < -0.39 is 33.2 Å². The third-order valence-corrected chi connectivity index (χ3v) is 6.68. The predicted molar refractivity (Wildman–Crippen MR) is 133 cm³/mol. The monoisotopic (exact) mass is 512 g/mol. The largest absolute Gasteiger partial charge is 0.349 e. The molecule has 33 heavy (non-hydrogen) atoms. The van der Waals surface area contributed by atoms with Crippen molar-refractivity contribution in [3.05, 3.63) is 80.9 Å². The zero-order valence-corrected chi connectivity index (χ0v) is 20.9. The van der Waals surface area contributed by atoms with Gasteiger partial charge in [0.15, 0.2) is 0 Å². The molecule has 4 rings (SSSR count). The van der Waals surface area contributed by atoms with Gasteiger partial charge in [0.1, 0.15) is 21.4 Å². The maximum Gasteiger partial charge on any atom is 0.205 e. The van der Waals surface area contributed by atoms with Crippen LogP contribution in [0.25, 0.3) is 21.8 Å². The molecule has 4 aromatic rings. The number of fused-ring (bicyclic) bond motifs is 2. The van der Waals surface area contributed by atoms with Gasteiger partial charge in [-0.15, -0.1) is 0 Å². The number of nitrogens with zero attached hydrogens (tertiary/aromatic N) is 2. The Morgan fingerprint density at radius 2 is 1.03 bits per heavy atom. The summed E-state index contributed by atoms with van der Waals surface area (Å²) in [5.41, 5.74) is 0.404. The first kappa shape index (κ1) is 26.6. The van der Waals surface area contributed by atoms with Crippen LogP contribution in [0.15, 0.2) is 68.2 Å².